The molecule has 0 N–H and O–H groups in total. The first-order chi connectivity index (χ1) is 11.3. The first-order valence-corrected chi connectivity index (χ1v) is 8.45. The standard InChI is InChI=1S/C19H22N2O2/c22-19-8-3-10-20(19)11-9-15-13-21(14-16-5-4-12-23-16)18-7-2-1-6-17(15)18/h1-2,4-7,12,15H,3,8-11,13-14H2. The van der Waals surface area contributed by atoms with E-state index in [1.807, 2.05) is 17.0 Å². The second-order valence-corrected chi connectivity index (χ2v) is 6.49. The average molecular weight is 310 g/mol. The van der Waals surface area contributed by atoms with Crippen LogP contribution in [0.25, 0.3) is 0 Å². The molecule has 0 radical (unpaired) electrons. The van der Waals surface area contributed by atoms with Crippen molar-refractivity contribution in [1.29, 1.82) is 0 Å². The lowest BCUT2D eigenvalue weighted by atomic mass is 9.98. The minimum Gasteiger partial charge on any atom is -0.467 e. The molecule has 1 atom stereocenters. The lowest BCUT2D eigenvalue weighted by Crippen LogP contribution is -2.28. The van der Waals surface area contributed by atoms with Gasteiger partial charge < -0.3 is 14.2 Å². The maximum Gasteiger partial charge on any atom is 0.222 e. The SMILES string of the molecule is O=C1CCCN1CCC1CN(Cc2ccco2)c2ccccc21. The van der Waals surface area contributed by atoms with Gasteiger partial charge in [0.25, 0.3) is 0 Å². The van der Waals surface area contributed by atoms with Crippen LogP contribution in [0.1, 0.15) is 36.5 Å². The predicted molar refractivity (Wildman–Crippen MR) is 89.4 cm³/mol. The van der Waals surface area contributed by atoms with Gasteiger partial charge in [-0.25, -0.2) is 0 Å². The highest BCUT2D eigenvalue weighted by molar-refractivity contribution is 5.78. The number of fused-ring (bicyclic) bond motifs is 1. The molecule has 1 unspecified atom stereocenters. The third-order valence-electron chi connectivity index (χ3n) is 5.00. The Morgan fingerprint density at radius 2 is 2.04 bits per heavy atom. The van der Waals surface area contributed by atoms with Crippen molar-refractivity contribution in [2.45, 2.75) is 31.7 Å². The molecule has 2 aliphatic rings. The molecule has 0 bridgehead atoms. The quantitative estimate of drug-likeness (QED) is 0.849. The van der Waals surface area contributed by atoms with Gasteiger partial charge >= 0.3 is 0 Å². The van der Waals surface area contributed by atoms with Crippen molar-refractivity contribution in [3.8, 4) is 0 Å². The lowest BCUT2D eigenvalue weighted by Gasteiger charge is -2.20. The average Bonchev–Trinajstić information content (AvgIpc) is 3.28. The second-order valence-electron chi connectivity index (χ2n) is 6.49. The first kappa shape index (κ1) is 14.4. The fourth-order valence-electron chi connectivity index (χ4n) is 3.82. The zero-order valence-electron chi connectivity index (χ0n) is 13.3. The van der Waals surface area contributed by atoms with Gasteiger partial charge in [-0.3, -0.25) is 4.79 Å². The number of hydrogen-bond acceptors (Lipinski definition) is 3. The number of furan rings is 1. The van der Waals surface area contributed by atoms with Gasteiger partial charge in [-0.1, -0.05) is 18.2 Å². The van der Waals surface area contributed by atoms with Crippen molar-refractivity contribution in [2.24, 2.45) is 0 Å². The summed E-state index contributed by atoms with van der Waals surface area (Å²) in [5.74, 6) is 1.81. The minimum absolute atomic E-state index is 0.323. The number of para-hydroxylation sites is 1. The fraction of sp³-hybridized carbons (Fsp3) is 0.421. The number of carbonyl (C=O) groups excluding carboxylic acids is 1. The number of anilines is 1. The van der Waals surface area contributed by atoms with Crippen LogP contribution in [0.15, 0.2) is 47.1 Å². The number of likely N-dealkylation sites (tertiary alicyclic amines) is 1. The van der Waals surface area contributed by atoms with Gasteiger partial charge in [0, 0.05) is 37.7 Å². The van der Waals surface area contributed by atoms with Gasteiger partial charge in [-0.15, -0.1) is 0 Å². The zero-order valence-corrected chi connectivity index (χ0v) is 13.3. The molecule has 1 aromatic heterocycles. The topological polar surface area (TPSA) is 36.7 Å². The van der Waals surface area contributed by atoms with E-state index < -0.39 is 0 Å². The van der Waals surface area contributed by atoms with E-state index in [9.17, 15) is 4.79 Å². The molecule has 1 saturated heterocycles. The summed E-state index contributed by atoms with van der Waals surface area (Å²) in [6.45, 7) is 3.63. The highest BCUT2D eigenvalue weighted by atomic mass is 16.3. The van der Waals surface area contributed by atoms with E-state index in [0.29, 0.717) is 11.8 Å². The van der Waals surface area contributed by atoms with Gasteiger partial charge in [0.05, 0.1) is 12.8 Å². The number of carbonyl (C=O) groups is 1. The summed E-state index contributed by atoms with van der Waals surface area (Å²) in [6.07, 6.45) is 4.52. The van der Waals surface area contributed by atoms with E-state index in [-0.39, 0.29) is 0 Å². The smallest absolute Gasteiger partial charge is 0.222 e. The van der Waals surface area contributed by atoms with Crippen LogP contribution in [-0.2, 0) is 11.3 Å². The van der Waals surface area contributed by atoms with Gasteiger partial charge in [-0.05, 0) is 36.6 Å². The van der Waals surface area contributed by atoms with Crippen molar-refractivity contribution >= 4 is 11.6 Å². The van der Waals surface area contributed by atoms with Gasteiger partial charge in [0.2, 0.25) is 5.91 Å². The van der Waals surface area contributed by atoms with Crippen LogP contribution in [0, 0.1) is 0 Å². The van der Waals surface area contributed by atoms with Crippen molar-refractivity contribution < 1.29 is 9.21 Å². The van der Waals surface area contributed by atoms with Gasteiger partial charge in [-0.2, -0.15) is 0 Å². The van der Waals surface area contributed by atoms with Crippen LogP contribution < -0.4 is 4.90 Å². The van der Waals surface area contributed by atoms with Gasteiger partial charge in [0.15, 0.2) is 0 Å². The molecule has 3 heterocycles. The molecule has 4 rings (SSSR count). The Hall–Kier alpha value is -2.23. The van der Waals surface area contributed by atoms with Crippen LogP contribution in [0.5, 0.6) is 0 Å². The molecule has 2 aliphatic heterocycles. The first-order valence-electron chi connectivity index (χ1n) is 8.45. The van der Waals surface area contributed by atoms with E-state index in [1.54, 1.807) is 6.26 Å². The summed E-state index contributed by atoms with van der Waals surface area (Å²) in [5, 5.41) is 0. The molecule has 0 spiro atoms. The van der Waals surface area contributed by atoms with Crippen molar-refractivity contribution in [3.05, 3.63) is 54.0 Å². The Bertz CT molecular complexity index is 680. The number of hydrogen-bond donors (Lipinski definition) is 0. The Balaban J connectivity index is 1.47. The predicted octanol–water partition coefficient (Wildman–Crippen LogP) is 3.40. The van der Waals surface area contributed by atoms with E-state index in [0.717, 1.165) is 51.2 Å². The molecule has 0 saturated carbocycles. The molecule has 120 valence electrons. The molecular weight excluding hydrogens is 288 g/mol. The molecular formula is C19H22N2O2. The highest BCUT2D eigenvalue weighted by Crippen LogP contribution is 2.39. The monoisotopic (exact) mass is 310 g/mol. The highest BCUT2D eigenvalue weighted by Gasteiger charge is 2.30. The summed E-state index contributed by atoms with van der Waals surface area (Å²) in [7, 11) is 0. The largest absolute Gasteiger partial charge is 0.467 e. The minimum atomic E-state index is 0.323. The Morgan fingerprint density at radius 3 is 2.83 bits per heavy atom. The third-order valence-corrected chi connectivity index (χ3v) is 5.00. The summed E-state index contributed by atoms with van der Waals surface area (Å²) in [4.78, 5) is 16.2. The zero-order chi connectivity index (χ0) is 15.6. The number of nitrogens with zero attached hydrogens (tertiary/aromatic N) is 2. The number of amides is 1. The fourth-order valence-corrected chi connectivity index (χ4v) is 3.82. The molecule has 2 aromatic rings. The van der Waals surface area contributed by atoms with Crippen LogP contribution in [0.4, 0.5) is 5.69 Å². The summed E-state index contributed by atoms with van der Waals surface area (Å²) in [5.41, 5.74) is 2.72. The summed E-state index contributed by atoms with van der Waals surface area (Å²) < 4.78 is 5.51. The molecule has 1 amide bonds. The number of rotatable bonds is 5. The summed E-state index contributed by atoms with van der Waals surface area (Å²) in [6, 6.07) is 12.6. The van der Waals surface area contributed by atoms with Crippen LogP contribution in [0.2, 0.25) is 0 Å². The molecule has 1 aromatic carbocycles. The van der Waals surface area contributed by atoms with E-state index in [1.165, 1.54) is 11.3 Å². The molecule has 0 aliphatic carbocycles. The second kappa shape index (κ2) is 6.11. The Kier molecular flexibility index (Phi) is 3.82. The molecule has 4 nitrogen and oxygen atoms in total. The lowest BCUT2D eigenvalue weighted by molar-refractivity contribution is -0.127. The molecule has 1 fully saturated rings. The van der Waals surface area contributed by atoms with E-state index in [4.69, 9.17) is 4.42 Å². The molecule has 23 heavy (non-hydrogen) atoms. The maximum atomic E-state index is 11.8. The molecule has 4 heteroatoms. The normalized spacial score (nSPS) is 20.3. The van der Waals surface area contributed by atoms with Crippen LogP contribution >= 0.6 is 0 Å². The van der Waals surface area contributed by atoms with E-state index >= 15 is 0 Å². The maximum absolute atomic E-state index is 11.8. The van der Waals surface area contributed by atoms with Crippen LogP contribution in [-0.4, -0.2) is 30.4 Å². The van der Waals surface area contributed by atoms with Crippen molar-refractivity contribution in [3.63, 3.8) is 0 Å². The Labute approximate surface area is 136 Å². The van der Waals surface area contributed by atoms with Crippen LogP contribution in [0.3, 0.4) is 0 Å². The third kappa shape index (κ3) is 2.85. The van der Waals surface area contributed by atoms with Gasteiger partial charge in [0.1, 0.15) is 5.76 Å². The summed E-state index contributed by atoms with van der Waals surface area (Å²) >= 11 is 0. The van der Waals surface area contributed by atoms with Crippen molar-refractivity contribution in [1.82, 2.24) is 4.90 Å². The number of benzene rings is 1. The Morgan fingerprint density at radius 1 is 1.13 bits per heavy atom. The van der Waals surface area contributed by atoms with Crippen molar-refractivity contribution in [2.75, 3.05) is 24.5 Å². The van der Waals surface area contributed by atoms with E-state index in [2.05, 4.69) is 29.2 Å².